The van der Waals surface area contributed by atoms with Crippen LogP contribution in [0, 0.1) is 0 Å². The number of aliphatic imine (C=N–C) groups is 1. The maximum Gasteiger partial charge on any atom is 0.268 e. The molecule has 1 heterocycles. The number of thiazole rings is 1. The fraction of sp³-hybridized carbons (Fsp3) is 0.0556. The van der Waals surface area contributed by atoms with Crippen LogP contribution in [0.1, 0.15) is 9.67 Å². The molecule has 1 amide bonds. The van der Waals surface area contributed by atoms with Gasteiger partial charge in [0, 0.05) is 17.3 Å². The summed E-state index contributed by atoms with van der Waals surface area (Å²) in [6.45, 7) is 0. The monoisotopic (exact) mass is 367 g/mol. The maximum absolute atomic E-state index is 12.8. The largest absolute Gasteiger partial charge is 0.497 e. The number of hydrogen-bond donors (Lipinski definition) is 3. The number of aromatic nitrogens is 1. The Bertz CT molecular complexity index is 949. The molecule has 0 spiro atoms. The van der Waals surface area contributed by atoms with Crippen LogP contribution < -0.4 is 21.5 Å². The third-order valence-corrected chi connectivity index (χ3v) is 4.37. The van der Waals surface area contributed by atoms with Crippen LogP contribution >= 0.6 is 11.3 Å². The predicted octanol–water partition coefficient (Wildman–Crippen LogP) is 2.98. The molecule has 2 aromatic carbocycles. The third kappa shape index (κ3) is 3.98. The first-order valence-corrected chi connectivity index (χ1v) is 8.50. The molecule has 26 heavy (non-hydrogen) atoms. The quantitative estimate of drug-likeness (QED) is 0.473. The summed E-state index contributed by atoms with van der Waals surface area (Å²) >= 11 is 1.12. The summed E-state index contributed by atoms with van der Waals surface area (Å²) < 4.78 is 5.18. The molecule has 3 rings (SSSR count). The number of methoxy groups -OCH3 is 1. The molecule has 0 bridgehead atoms. The lowest BCUT2D eigenvalue weighted by Gasteiger charge is -2.07. The van der Waals surface area contributed by atoms with Gasteiger partial charge in [0.1, 0.15) is 10.6 Å². The molecule has 0 saturated carbocycles. The molecular weight excluding hydrogens is 350 g/mol. The van der Waals surface area contributed by atoms with Crippen LogP contribution in [0.15, 0.2) is 59.6 Å². The van der Waals surface area contributed by atoms with E-state index in [1.54, 1.807) is 31.4 Å². The molecule has 132 valence electrons. The number of anilines is 1. The van der Waals surface area contributed by atoms with E-state index in [9.17, 15) is 4.79 Å². The second-order valence-electron chi connectivity index (χ2n) is 5.26. The van der Waals surface area contributed by atoms with Gasteiger partial charge in [0.2, 0.25) is 5.13 Å². The van der Waals surface area contributed by atoms with Crippen molar-refractivity contribution < 1.29 is 9.53 Å². The van der Waals surface area contributed by atoms with Crippen molar-refractivity contribution in [2.75, 3.05) is 12.4 Å². The van der Waals surface area contributed by atoms with Gasteiger partial charge < -0.3 is 21.5 Å². The average Bonchev–Trinajstić information content (AvgIpc) is 3.06. The van der Waals surface area contributed by atoms with Crippen molar-refractivity contribution in [3.05, 3.63) is 59.5 Å². The number of rotatable bonds is 5. The molecule has 0 atom stereocenters. The molecule has 0 unspecified atom stereocenters. The molecule has 0 saturated heterocycles. The molecule has 0 radical (unpaired) electrons. The molecule has 1 aromatic heterocycles. The molecule has 0 aliphatic rings. The van der Waals surface area contributed by atoms with Gasteiger partial charge in [0.25, 0.3) is 5.91 Å². The highest BCUT2D eigenvalue weighted by Gasteiger charge is 2.20. The van der Waals surface area contributed by atoms with E-state index in [4.69, 9.17) is 16.2 Å². The first-order valence-electron chi connectivity index (χ1n) is 7.68. The number of hydrogen-bond acceptors (Lipinski definition) is 5. The Morgan fingerprint density at radius 2 is 1.92 bits per heavy atom. The molecule has 7 nitrogen and oxygen atoms in total. The van der Waals surface area contributed by atoms with Crippen molar-refractivity contribution in [3.63, 3.8) is 0 Å². The Kier molecular flexibility index (Phi) is 5.14. The summed E-state index contributed by atoms with van der Waals surface area (Å²) in [5.74, 6) is 0.237. The van der Waals surface area contributed by atoms with Crippen molar-refractivity contribution in [1.29, 1.82) is 0 Å². The predicted molar refractivity (Wildman–Crippen MR) is 104 cm³/mol. The highest BCUT2D eigenvalue weighted by atomic mass is 32.1. The van der Waals surface area contributed by atoms with Crippen molar-refractivity contribution in [1.82, 2.24) is 4.98 Å². The van der Waals surface area contributed by atoms with Crippen LogP contribution in [0.4, 0.5) is 10.8 Å². The number of guanidine groups is 1. The molecule has 8 heteroatoms. The number of benzene rings is 2. The Morgan fingerprint density at radius 1 is 1.15 bits per heavy atom. The number of carbonyl (C=O) groups excluding carboxylic acids is 1. The van der Waals surface area contributed by atoms with E-state index >= 15 is 0 Å². The first-order chi connectivity index (χ1) is 12.6. The average molecular weight is 367 g/mol. The number of amides is 1. The summed E-state index contributed by atoms with van der Waals surface area (Å²) in [6.07, 6.45) is 0. The van der Waals surface area contributed by atoms with E-state index < -0.39 is 0 Å². The van der Waals surface area contributed by atoms with Crippen molar-refractivity contribution in [2.45, 2.75) is 0 Å². The summed E-state index contributed by atoms with van der Waals surface area (Å²) in [5, 5.41) is 3.17. The minimum Gasteiger partial charge on any atom is -0.497 e. The van der Waals surface area contributed by atoms with Crippen LogP contribution in [0.25, 0.3) is 11.3 Å². The summed E-state index contributed by atoms with van der Waals surface area (Å²) in [6, 6.07) is 16.5. The minimum absolute atomic E-state index is 0.113. The van der Waals surface area contributed by atoms with E-state index in [0.717, 1.165) is 16.9 Å². The first kappa shape index (κ1) is 17.4. The number of carbonyl (C=O) groups is 1. The number of nitrogens with two attached hydrogens (primary N) is 2. The smallest absolute Gasteiger partial charge is 0.268 e. The summed E-state index contributed by atoms with van der Waals surface area (Å²) in [4.78, 5) is 21.6. The molecule has 0 aliphatic heterocycles. The van der Waals surface area contributed by atoms with Crippen LogP contribution in [0.5, 0.6) is 5.75 Å². The van der Waals surface area contributed by atoms with Gasteiger partial charge in [-0.05, 0) is 12.1 Å². The Balaban J connectivity index is 1.98. The lowest BCUT2D eigenvalue weighted by molar-refractivity contribution is 0.103. The summed E-state index contributed by atoms with van der Waals surface area (Å²) in [5.41, 5.74) is 12.8. The third-order valence-electron chi connectivity index (χ3n) is 3.42. The van der Waals surface area contributed by atoms with Gasteiger partial charge in [-0.2, -0.15) is 4.99 Å². The molecule has 3 aromatic rings. The van der Waals surface area contributed by atoms with Crippen LogP contribution in [-0.2, 0) is 0 Å². The van der Waals surface area contributed by atoms with E-state index in [-0.39, 0.29) is 11.9 Å². The SMILES string of the molecule is COc1cccc(NC(=O)c2sc(N=C(N)N)nc2-c2ccccc2)c1. The van der Waals surface area contributed by atoms with Gasteiger partial charge in [-0.3, -0.25) is 4.79 Å². The second kappa shape index (κ2) is 7.66. The van der Waals surface area contributed by atoms with Gasteiger partial charge in [-0.25, -0.2) is 4.98 Å². The fourth-order valence-corrected chi connectivity index (χ4v) is 3.18. The molecule has 0 fully saturated rings. The van der Waals surface area contributed by atoms with Gasteiger partial charge in [-0.15, -0.1) is 0 Å². The van der Waals surface area contributed by atoms with Gasteiger partial charge in [-0.1, -0.05) is 47.7 Å². The minimum atomic E-state index is -0.299. The Morgan fingerprint density at radius 3 is 2.62 bits per heavy atom. The topological polar surface area (TPSA) is 116 Å². The van der Waals surface area contributed by atoms with Crippen molar-refractivity contribution in [2.24, 2.45) is 16.5 Å². The number of nitrogens with one attached hydrogen (secondary N) is 1. The number of ether oxygens (including phenoxy) is 1. The van der Waals surface area contributed by atoms with E-state index in [1.165, 1.54) is 0 Å². The summed E-state index contributed by atoms with van der Waals surface area (Å²) in [7, 11) is 1.57. The lowest BCUT2D eigenvalue weighted by atomic mass is 10.1. The van der Waals surface area contributed by atoms with Crippen molar-refractivity contribution in [3.8, 4) is 17.0 Å². The van der Waals surface area contributed by atoms with Crippen LogP contribution in [0.3, 0.4) is 0 Å². The van der Waals surface area contributed by atoms with E-state index in [0.29, 0.717) is 27.1 Å². The molecular formula is C18H17N5O2S. The maximum atomic E-state index is 12.8. The Hall–Kier alpha value is -3.39. The van der Waals surface area contributed by atoms with Gasteiger partial charge in [0.15, 0.2) is 5.96 Å². The lowest BCUT2D eigenvalue weighted by Crippen LogP contribution is -2.21. The van der Waals surface area contributed by atoms with Crippen LogP contribution in [-0.4, -0.2) is 24.0 Å². The van der Waals surface area contributed by atoms with Gasteiger partial charge in [0.05, 0.1) is 12.8 Å². The highest BCUT2D eigenvalue weighted by Crippen LogP contribution is 2.33. The van der Waals surface area contributed by atoms with E-state index in [2.05, 4.69) is 15.3 Å². The number of nitrogens with zero attached hydrogens (tertiary/aromatic N) is 2. The normalized spacial score (nSPS) is 10.2. The Labute approximate surface area is 154 Å². The van der Waals surface area contributed by atoms with Crippen LogP contribution in [0.2, 0.25) is 0 Å². The zero-order chi connectivity index (χ0) is 18.5. The molecule has 0 aliphatic carbocycles. The fourth-order valence-electron chi connectivity index (χ4n) is 2.30. The zero-order valence-corrected chi connectivity index (χ0v) is 14.8. The van der Waals surface area contributed by atoms with Gasteiger partial charge >= 0.3 is 0 Å². The second-order valence-corrected chi connectivity index (χ2v) is 6.24. The highest BCUT2D eigenvalue weighted by molar-refractivity contribution is 7.17. The molecule has 5 N–H and O–H groups in total. The standard InChI is InChI=1S/C18H17N5O2S/c1-25-13-9-5-8-12(10-13)21-16(24)15-14(11-6-3-2-4-7-11)22-18(26-15)23-17(19)20/h2-10H,1H3,(H,21,24)(H4,19,20,22,23). The van der Waals surface area contributed by atoms with E-state index in [1.807, 2.05) is 30.3 Å². The zero-order valence-electron chi connectivity index (χ0n) is 14.0. The van der Waals surface area contributed by atoms with Crippen molar-refractivity contribution >= 4 is 34.0 Å².